The number of benzene rings is 2. The van der Waals surface area contributed by atoms with Gasteiger partial charge in [0.2, 0.25) is 5.91 Å². The normalized spacial score (nSPS) is 10.5. The van der Waals surface area contributed by atoms with E-state index in [0.717, 1.165) is 0 Å². The Morgan fingerprint density at radius 3 is 2.00 bits per heavy atom. The van der Waals surface area contributed by atoms with E-state index in [-0.39, 0.29) is 23.0 Å². The Bertz CT molecular complexity index is 826. The first-order chi connectivity index (χ1) is 12.2. The van der Waals surface area contributed by atoms with Gasteiger partial charge in [-0.2, -0.15) is 0 Å². The molecule has 0 saturated carbocycles. The molecule has 0 aliphatic rings. The molecule has 0 aliphatic carbocycles. The SMILES string of the molecule is Cc1cc(C(=O)O)cc(C(=O)Nc2ccc(NC(=O)CC(C)C)cc2)c1. The van der Waals surface area contributed by atoms with Gasteiger partial charge < -0.3 is 15.7 Å². The number of hydrogen-bond acceptors (Lipinski definition) is 3. The zero-order chi connectivity index (χ0) is 19.3. The molecule has 0 heterocycles. The van der Waals surface area contributed by atoms with E-state index >= 15 is 0 Å². The van der Waals surface area contributed by atoms with Crippen molar-refractivity contribution in [3.05, 3.63) is 59.2 Å². The molecule has 0 radical (unpaired) electrons. The molecule has 0 aliphatic heterocycles. The van der Waals surface area contributed by atoms with Gasteiger partial charge in [-0.3, -0.25) is 9.59 Å². The minimum atomic E-state index is -1.08. The van der Waals surface area contributed by atoms with Crippen LogP contribution in [-0.2, 0) is 4.79 Å². The molecule has 6 nitrogen and oxygen atoms in total. The molecular weight excluding hydrogens is 332 g/mol. The van der Waals surface area contributed by atoms with E-state index in [0.29, 0.717) is 23.4 Å². The van der Waals surface area contributed by atoms with Gasteiger partial charge in [-0.05, 0) is 60.9 Å². The van der Waals surface area contributed by atoms with E-state index in [1.165, 1.54) is 12.1 Å². The van der Waals surface area contributed by atoms with E-state index < -0.39 is 11.9 Å². The van der Waals surface area contributed by atoms with Crippen LogP contribution in [0.4, 0.5) is 11.4 Å². The Labute approximate surface area is 152 Å². The van der Waals surface area contributed by atoms with Crippen LogP contribution in [0.2, 0.25) is 0 Å². The van der Waals surface area contributed by atoms with Gasteiger partial charge in [0.1, 0.15) is 0 Å². The van der Waals surface area contributed by atoms with Crippen molar-refractivity contribution in [1.29, 1.82) is 0 Å². The van der Waals surface area contributed by atoms with Gasteiger partial charge in [0.25, 0.3) is 5.91 Å². The molecule has 2 aromatic carbocycles. The largest absolute Gasteiger partial charge is 0.478 e. The minimum Gasteiger partial charge on any atom is -0.478 e. The van der Waals surface area contributed by atoms with E-state index in [4.69, 9.17) is 5.11 Å². The van der Waals surface area contributed by atoms with Crippen LogP contribution < -0.4 is 10.6 Å². The highest BCUT2D eigenvalue weighted by atomic mass is 16.4. The molecule has 0 atom stereocenters. The number of nitrogens with one attached hydrogen (secondary N) is 2. The van der Waals surface area contributed by atoms with Crippen molar-refractivity contribution < 1.29 is 19.5 Å². The van der Waals surface area contributed by atoms with Crippen LogP contribution in [0, 0.1) is 12.8 Å². The summed E-state index contributed by atoms with van der Waals surface area (Å²) in [5.74, 6) is -1.26. The number of carbonyl (C=O) groups excluding carboxylic acids is 2. The quantitative estimate of drug-likeness (QED) is 0.732. The summed E-state index contributed by atoms with van der Waals surface area (Å²) in [6, 6.07) is 11.2. The lowest BCUT2D eigenvalue weighted by Gasteiger charge is -2.10. The number of carbonyl (C=O) groups is 3. The average Bonchev–Trinajstić information content (AvgIpc) is 2.55. The highest BCUT2D eigenvalue weighted by Gasteiger charge is 2.12. The fraction of sp³-hybridized carbons (Fsp3) is 0.250. The summed E-state index contributed by atoms with van der Waals surface area (Å²) < 4.78 is 0. The Balaban J connectivity index is 2.06. The molecule has 6 heteroatoms. The third kappa shape index (κ3) is 5.44. The van der Waals surface area contributed by atoms with Crippen LogP contribution in [0.25, 0.3) is 0 Å². The van der Waals surface area contributed by atoms with Crippen molar-refractivity contribution in [1.82, 2.24) is 0 Å². The summed E-state index contributed by atoms with van der Waals surface area (Å²) in [6.45, 7) is 5.68. The smallest absolute Gasteiger partial charge is 0.335 e. The van der Waals surface area contributed by atoms with Crippen LogP contribution in [-0.4, -0.2) is 22.9 Å². The predicted molar refractivity (Wildman–Crippen MR) is 101 cm³/mol. The first-order valence-corrected chi connectivity index (χ1v) is 8.31. The summed E-state index contributed by atoms with van der Waals surface area (Å²) >= 11 is 0. The average molecular weight is 354 g/mol. The Morgan fingerprint density at radius 2 is 1.46 bits per heavy atom. The van der Waals surface area contributed by atoms with Crippen LogP contribution in [0.15, 0.2) is 42.5 Å². The van der Waals surface area contributed by atoms with Crippen LogP contribution >= 0.6 is 0 Å². The third-order valence-corrected chi connectivity index (χ3v) is 3.61. The highest BCUT2D eigenvalue weighted by Crippen LogP contribution is 2.17. The highest BCUT2D eigenvalue weighted by molar-refractivity contribution is 6.05. The van der Waals surface area contributed by atoms with E-state index in [1.807, 2.05) is 13.8 Å². The summed E-state index contributed by atoms with van der Waals surface area (Å²) in [5.41, 5.74) is 2.24. The van der Waals surface area contributed by atoms with Crippen LogP contribution in [0.1, 0.15) is 46.5 Å². The first-order valence-electron chi connectivity index (χ1n) is 8.31. The molecule has 26 heavy (non-hydrogen) atoms. The van der Waals surface area contributed by atoms with E-state index in [1.54, 1.807) is 37.3 Å². The molecule has 0 spiro atoms. The third-order valence-electron chi connectivity index (χ3n) is 3.61. The second-order valence-electron chi connectivity index (χ2n) is 6.57. The topological polar surface area (TPSA) is 95.5 Å². The molecule has 3 N–H and O–H groups in total. The lowest BCUT2D eigenvalue weighted by Crippen LogP contribution is -2.15. The molecule has 2 amide bonds. The fourth-order valence-corrected chi connectivity index (χ4v) is 2.46. The van der Waals surface area contributed by atoms with Crippen LogP contribution in [0.3, 0.4) is 0 Å². The molecule has 0 fully saturated rings. The van der Waals surface area contributed by atoms with Crippen molar-refractivity contribution >= 4 is 29.2 Å². The molecular formula is C20H22N2O4. The number of anilines is 2. The summed E-state index contributed by atoms with van der Waals surface area (Å²) in [7, 11) is 0. The maximum Gasteiger partial charge on any atom is 0.335 e. The van der Waals surface area contributed by atoms with Crippen molar-refractivity contribution in [2.24, 2.45) is 5.92 Å². The molecule has 0 unspecified atom stereocenters. The zero-order valence-corrected chi connectivity index (χ0v) is 15.0. The molecule has 136 valence electrons. The van der Waals surface area contributed by atoms with Crippen molar-refractivity contribution in [2.45, 2.75) is 27.2 Å². The predicted octanol–water partition coefficient (Wildman–Crippen LogP) is 3.93. The summed E-state index contributed by atoms with van der Waals surface area (Å²) in [5, 5.41) is 14.6. The number of carboxylic acid groups (broad SMARTS) is 1. The van der Waals surface area contributed by atoms with Crippen LogP contribution in [0.5, 0.6) is 0 Å². The number of aromatic carboxylic acids is 1. The molecule has 0 saturated heterocycles. The number of amides is 2. The number of hydrogen-bond donors (Lipinski definition) is 3. The van der Waals surface area contributed by atoms with Gasteiger partial charge >= 0.3 is 5.97 Å². The summed E-state index contributed by atoms with van der Waals surface area (Å²) in [4.78, 5) is 35.2. The molecule has 0 aromatic heterocycles. The molecule has 2 aromatic rings. The lowest BCUT2D eigenvalue weighted by molar-refractivity contribution is -0.116. The Morgan fingerprint density at radius 1 is 0.923 bits per heavy atom. The Hall–Kier alpha value is -3.15. The summed E-state index contributed by atoms with van der Waals surface area (Å²) in [6.07, 6.45) is 0.442. The van der Waals surface area contributed by atoms with Gasteiger partial charge in [0, 0.05) is 23.4 Å². The van der Waals surface area contributed by atoms with Crippen molar-refractivity contribution in [3.63, 3.8) is 0 Å². The Kier molecular flexibility index (Phi) is 6.11. The van der Waals surface area contributed by atoms with Crippen molar-refractivity contribution in [3.8, 4) is 0 Å². The fourth-order valence-electron chi connectivity index (χ4n) is 2.46. The van der Waals surface area contributed by atoms with E-state index in [2.05, 4.69) is 10.6 Å². The van der Waals surface area contributed by atoms with E-state index in [9.17, 15) is 14.4 Å². The number of carboxylic acids is 1. The molecule has 0 bridgehead atoms. The van der Waals surface area contributed by atoms with Gasteiger partial charge in [-0.25, -0.2) is 4.79 Å². The minimum absolute atomic E-state index is 0.0576. The number of aryl methyl sites for hydroxylation is 1. The van der Waals surface area contributed by atoms with Crippen molar-refractivity contribution in [2.75, 3.05) is 10.6 Å². The standard InChI is InChI=1S/C20H22N2O4/c1-12(2)8-18(23)21-16-4-6-17(7-5-16)22-19(24)14-9-13(3)10-15(11-14)20(25)26/h4-7,9-12H,8H2,1-3H3,(H,21,23)(H,22,24)(H,25,26). The maximum atomic E-state index is 12.4. The maximum absolute atomic E-state index is 12.4. The zero-order valence-electron chi connectivity index (χ0n) is 15.0. The van der Waals surface area contributed by atoms with Gasteiger partial charge in [-0.15, -0.1) is 0 Å². The van der Waals surface area contributed by atoms with Gasteiger partial charge in [0.15, 0.2) is 0 Å². The van der Waals surface area contributed by atoms with Gasteiger partial charge in [-0.1, -0.05) is 13.8 Å². The molecule has 2 rings (SSSR count). The number of rotatable bonds is 6. The van der Waals surface area contributed by atoms with Gasteiger partial charge in [0.05, 0.1) is 5.56 Å². The monoisotopic (exact) mass is 354 g/mol. The first kappa shape index (κ1) is 19.2. The second kappa shape index (κ2) is 8.29. The second-order valence-corrected chi connectivity index (χ2v) is 6.57. The lowest BCUT2D eigenvalue weighted by atomic mass is 10.1.